The molecular weight excluding hydrogens is 138 g/mol. The van der Waals surface area contributed by atoms with Crippen LogP contribution in [0.15, 0.2) is 17.3 Å². The van der Waals surface area contributed by atoms with Gasteiger partial charge in [0.2, 0.25) is 0 Å². The first-order chi connectivity index (χ1) is 5.34. The molecular formula is C9H15NO. The number of hydrogen-bond acceptors (Lipinski definition) is 2. The van der Waals surface area contributed by atoms with Crippen molar-refractivity contribution in [3.05, 3.63) is 12.2 Å². The third-order valence-corrected chi connectivity index (χ3v) is 2.20. The van der Waals surface area contributed by atoms with Crippen molar-refractivity contribution in [1.29, 1.82) is 0 Å². The molecule has 0 spiro atoms. The van der Waals surface area contributed by atoms with E-state index in [-0.39, 0.29) is 0 Å². The molecule has 11 heavy (non-hydrogen) atoms. The Bertz CT molecular complexity index is 172. The van der Waals surface area contributed by atoms with Gasteiger partial charge < -0.3 is 5.21 Å². The summed E-state index contributed by atoms with van der Waals surface area (Å²) in [5, 5.41) is 12.0. The zero-order valence-corrected chi connectivity index (χ0v) is 6.95. The summed E-state index contributed by atoms with van der Waals surface area (Å²) in [6.07, 6.45) is 8.52. The Morgan fingerprint density at radius 1 is 1.45 bits per heavy atom. The number of allylic oxidation sites excluding steroid dienone is 2. The van der Waals surface area contributed by atoms with Crippen LogP contribution in [-0.2, 0) is 0 Å². The molecule has 0 amide bonds. The number of hydrogen-bond donors (Lipinski definition) is 1. The molecule has 2 heteroatoms. The van der Waals surface area contributed by atoms with Gasteiger partial charge in [-0.3, -0.25) is 0 Å². The van der Waals surface area contributed by atoms with E-state index in [1.54, 1.807) is 0 Å². The van der Waals surface area contributed by atoms with E-state index in [0.29, 0.717) is 5.92 Å². The van der Waals surface area contributed by atoms with E-state index in [1.807, 2.05) is 0 Å². The van der Waals surface area contributed by atoms with Crippen LogP contribution in [0.25, 0.3) is 0 Å². The molecule has 0 heterocycles. The fourth-order valence-electron chi connectivity index (χ4n) is 1.37. The second-order valence-corrected chi connectivity index (χ2v) is 3.08. The Balaban J connectivity index is 2.58. The summed E-state index contributed by atoms with van der Waals surface area (Å²) in [5.41, 5.74) is 0.953. The van der Waals surface area contributed by atoms with E-state index in [1.165, 1.54) is 0 Å². The van der Waals surface area contributed by atoms with Crippen LogP contribution in [0.5, 0.6) is 0 Å². The fourth-order valence-corrected chi connectivity index (χ4v) is 1.37. The van der Waals surface area contributed by atoms with E-state index in [0.717, 1.165) is 31.4 Å². The molecule has 1 aliphatic carbocycles. The molecule has 0 fully saturated rings. The van der Waals surface area contributed by atoms with Gasteiger partial charge >= 0.3 is 0 Å². The topological polar surface area (TPSA) is 32.6 Å². The van der Waals surface area contributed by atoms with Gasteiger partial charge in [-0.05, 0) is 31.6 Å². The normalized spacial score (nSPS) is 32.8. The van der Waals surface area contributed by atoms with Crippen LogP contribution in [0.3, 0.4) is 0 Å². The molecule has 2 nitrogen and oxygen atoms in total. The Kier molecular flexibility index (Phi) is 3.14. The summed E-state index contributed by atoms with van der Waals surface area (Å²) >= 11 is 0. The van der Waals surface area contributed by atoms with Crippen molar-refractivity contribution in [2.45, 2.75) is 32.6 Å². The molecule has 0 aromatic rings. The largest absolute Gasteiger partial charge is 0.411 e. The minimum absolute atomic E-state index is 0.449. The highest BCUT2D eigenvalue weighted by atomic mass is 16.4. The lowest BCUT2D eigenvalue weighted by Crippen LogP contribution is -2.11. The molecule has 0 aromatic carbocycles. The van der Waals surface area contributed by atoms with Gasteiger partial charge in [0.25, 0.3) is 0 Å². The quantitative estimate of drug-likeness (QED) is 0.324. The maximum Gasteiger partial charge on any atom is 0.0602 e. The average molecular weight is 153 g/mol. The number of oxime groups is 1. The zero-order chi connectivity index (χ0) is 8.10. The number of rotatable bonds is 0. The maximum absolute atomic E-state index is 8.64. The lowest BCUT2D eigenvalue weighted by molar-refractivity contribution is 0.313. The molecule has 1 aliphatic rings. The van der Waals surface area contributed by atoms with Crippen LogP contribution in [-0.4, -0.2) is 10.9 Å². The molecule has 0 saturated heterocycles. The monoisotopic (exact) mass is 153 g/mol. The van der Waals surface area contributed by atoms with Crippen molar-refractivity contribution >= 4 is 5.71 Å². The summed E-state index contributed by atoms with van der Waals surface area (Å²) in [6.45, 7) is 2.12. The molecule has 1 unspecified atom stereocenters. The summed E-state index contributed by atoms with van der Waals surface area (Å²) in [6, 6.07) is 0. The minimum Gasteiger partial charge on any atom is -0.411 e. The van der Waals surface area contributed by atoms with E-state index in [4.69, 9.17) is 5.21 Å². The van der Waals surface area contributed by atoms with Gasteiger partial charge in [0.15, 0.2) is 0 Å². The van der Waals surface area contributed by atoms with Crippen molar-refractivity contribution in [3.63, 3.8) is 0 Å². The van der Waals surface area contributed by atoms with Crippen molar-refractivity contribution in [1.82, 2.24) is 0 Å². The lowest BCUT2D eigenvalue weighted by atomic mass is 9.94. The van der Waals surface area contributed by atoms with Gasteiger partial charge in [-0.25, -0.2) is 0 Å². The predicted molar refractivity (Wildman–Crippen MR) is 46.0 cm³/mol. The third kappa shape index (κ3) is 2.37. The molecule has 1 rings (SSSR count). The lowest BCUT2D eigenvalue weighted by Gasteiger charge is -2.13. The Hall–Kier alpha value is -0.790. The van der Waals surface area contributed by atoms with Crippen LogP contribution in [0.4, 0.5) is 0 Å². The summed E-state index contributed by atoms with van der Waals surface area (Å²) < 4.78 is 0. The van der Waals surface area contributed by atoms with E-state index in [9.17, 15) is 0 Å². The first-order valence-corrected chi connectivity index (χ1v) is 4.20. The average Bonchev–Trinajstić information content (AvgIpc) is 1.98. The molecule has 0 aliphatic heterocycles. The third-order valence-electron chi connectivity index (χ3n) is 2.20. The predicted octanol–water partition coefficient (Wildman–Crippen LogP) is 2.58. The highest BCUT2D eigenvalue weighted by Gasteiger charge is 2.10. The number of nitrogens with zero attached hydrogens (tertiary/aromatic N) is 1. The van der Waals surface area contributed by atoms with Gasteiger partial charge in [-0.1, -0.05) is 24.2 Å². The Morgan fingerprint density at radius 3 is 2.91 bits per heavy atom. The summed E-state index contributed by atoms with van der Waals surface area (Å²) in [5.74, 6) is 0.449. The minimum atomic E-state index is 0.449. The maximum atomic E-state index is 8.64. The summed E-state index contributed by atoms with van der Waals surface area (Å²) in [4.78, 5) is 0. The first-order valence-electron chi connectivity index (χ1n) is 4.20. The van der Waals surface area contributed by atoms with E-state index < -0.39 is 0 Å². The summed E-state index contributed by atoms with van der Waals surface area (Å²) in [7, 11) is 0. The van der Waals surface area contributed by atoms with Crippen LogP contribution in [0.1, 0.15) is 32.6 Å². The smallest absolute Gasteiger partial charge is 0.0602 e. The zero-order valence-electron chi connectivity index (χ0n) is 6.95. The first kappa shape index (κ1) is 8.31. The van der Waals surface area contributed by atoms with Crippen LogP contribution >= 0.6 is 0 Å². The second-order valence-electron chi connectivity index (χ2n) is 3.08. The van der Waals surface area contributed by atoms with Crippen LogP contribution in [0.2, 0.25) is 0 Å². The molecule has 1 N–H and O–H groups in total. The highest BCUT2D eigenvalue weighted by molar-refractivity contribution is 5.86. The molecule has 0 aromatic heterocycles. The standard InChI is InChI=1S/C9H15NO/c1-8-6-4-2-3-5-7-9(8)10-11/h2-3,8,11H,4-7H2,1H3/b3-2-,10-9+. The molecule has 0 radical (unpaired) electrons. The van der Waals surface area contributed by atoms with Gasteiger partial charge in [0.05, 0.1) is 5.71 Å². The second kappa shape index (κ2) is 4.16. The molecule has 62 valence electrons. The highest BCUT2D eigenvalue weighted by Crippen LogP contribution is 2.15. The van der Waals surface area contributed by atoms with E-state index in [2.05, 4.69) is 24.2 Å². The fraction of sp³-hybridized carbons (Fsp3) is 0.667. The van der Waals surface area contributed by atoms with Gasteiger partial charge in [0, 0.05) is 0 Å². The van der Waals surface area contributed by atoms with Gasteiger partial charge in [-0.2, -0.15) is 0 Å². The molecule has 0 saturated carbocycles. The van der Waals surface area contributed by atoms with Gasteiger partial charge in [-0.15, -0.1) is 0 Å². The van der Waals surface area contributed by atoms with Crippen molar-refractivity contribution in [2.24, 2.45) is 11.1 Å². The Labute approximate surface area is 67.6 Å². The van der Waals surface area contributed by atoms with Crippen molar-refractivity contribution in [2.75, 3.05) is 0 Å². The van der Waals surface area contributed by atoms with Gasteiger partial charge in [0.1, 0.15) is 0 Å². The van der Waals surface area contributed by atoms with E-state index >= 15 is 0 Å². The van der Waals surface area contributed by atoms with Crippen molar-refractivity contribution < 1.29 is 5.21 Å². The van der Waals surface area contributed by atoms with Crippen LogP contribution < -0.4 is 0 Å². The molecule has 1 atom stereocenters. The van der Waals surface area contributed by atoms with Crippen molar-refractivity contribution in [3.8, 4) is 0 Å². The SMILES string of the molecule is CC1CC/C=C\CC/C1=N\O. The van der Waals surface area contributed by atoms with Crippen LogP contribution in [0, 0.1) is 5.92 Å². The Morgan fingerprint density at radius 2 is 2.18 bits per heavy atom. The molecule has 0 bridgehead atoms.